The molecule has 0 heterocycles. The lowest BCUT2D eigenvalue weighted by Crippen LogP contribution is -2.46. The maximum atomic E-state index is 5.14. The Balaban J connectivity index is 2.15. The number of hydrogen-bond donors (Lipinski definition) is 3. The SMILES string of the molecule is CC(CNC(=S)NN)N(C)C1CC1. The zero-order valence-corrected chi connectivity index (χ0v) is 9.03. The lowest BCUT2D eigenvalue weighted by molar-refractivity contribution is 0.248. The Hall–Kier alpha value is -0.390. The van der Waals surface area contributed by atoms with E-state index in [9.17, 15) is 0 Å². The number of nitrogens with two attached hydrogens (primary N) is 1. The molecule has 0 aromatic carbocycles. The van der Waals surface area contributed by atoms with E-state index in [4.69, 9.17) is 18.1 Å². The fraction of sp³-hybridized carbons (Fsp3) is 0.875. The van der Waals surface area contributed by atoms with Crippen LogP contribution in [0.4, 0.5) is 0 Å². The lowest BCUT2D eigenvalue weighted by Gasteiger charge is -2.24. The molecule has 1 fully saturated rings. The first-order valence-electron chi connectivity index (χ1n) is 4.61. The van der Waals surface area contributed by atoms with Crippen molar-refractivity contribution < 1.29 is 0 Å². The van der Waals surface area contributed by atoms with E-state index in [1.54, 1.807) is 0 Å². The Kier molecular flexibility index (Phi) is 3.90. The Labute approximate surface area is 84.8 Å². The third-order valence-corrected chi connectivity index (χ3v) is 2.77. The van der Waals surface area contributed by atoms with Gasteiger partial charge in [0.05, 0.1) is 0 Å². The van der Waals surface area contributed by atoms with Gasteiger partial charge in [0.1, 0.15) is 0 Å². The first-order chi connectivity index (χ1) is 6.15. The number of nitrogens with one attached hydrogen (secondary N) is 2. The van der Waals surface area contributed by atoms with Crippen molar-refractivity contribution in [3.63, 3.8) is 0 Å². The minimum Gasteiger partial charge on any atom is -0.360 e. The molecule has 1 unspecified atom stereocenters. The van der Waals surface area contributed by atoms with Gasteiger partial charge >= 0.3 is 0 Å². The van der Waals surface area contributed by atoms with E-state index in [1.807, 2.05) is 0 Å². The molecule has 0 bridgehead atoms. The Bertz CT molecular complexity index is 181. The predicted molar refractivity (Wildman–Crippen MR) is 58.2 cm³/mol. The standard InChI is InChI=1S/C8H18N4S/c1-6(5-10-8(13)11-9)12(2)7-3-4-7/h6-7H,3-5,9H2,1-2H3,(H2,10,11,13). The second-order valence-electron chi connectivity index (χ2n) is 3.60. The van der Waals surface area contributed by atoms with Crippen molar-refractivity contribution in [2.45, 2.75) is 31.8 Å². The summed E-state index contributed by atoms with van der Waals surface area (Å²) in [5.74, 6) is 5.14. The minimum absolute atomic E-state index is 0.499. The molecule has 0 saturated heterocycles. The van der Waals surface area contributed by atoms with E-state index in [1.165, 1.54) is 12.8 Å². The van der Waals surface area contributed by atoms with Crippen LogP contribution in [0.15, 0.2) is 0 Å². The van der Waals surface area contributed by atoms with Crippen LogP contribution in [0.3, 0.4) is 0 Å². The fourth-order valence-corrected chi connectivity index (χ4v) is 1.36. The van der Waals surface area contributed by atoms with Crippen LogP contribution >= 0.6 is 12.2 Å². The van der Waals surface area contributed by atoms with Crippen LogP contribution < -0.4 is 16.6 Å². The van der Waals surface area contributed by atoms with Crippen LogP contribution in [0.2, 0.25) is 0 Å². The summed E-state index contributed by atoms with van der Waals surface area (Å²) in [7, 11) is 2.16. The van der Waals surface area contributed by atoms with Gasteiger partial charge in [-0.1, -0.05) is 0 Å². The monoisotopic (exact) mass is 202 g/mol. The number of nitrogens with zero attached hydrogens (tertiary/aromatic N) is 1. The molecular weight excluding hydrogens is 184 g/mol. The van der Waals surface area contributed by atoms with Crippen molar-refractivity contribution in [1.82, 2.24) is 15.6 Å². The summed E-state index contributed by atoms with van der Waals surface area (Å²) in [6, 6.07) is 1.29. The Morgan fingerprint density at radius 3 is 2.77 bits per heavy atom. The molecule has 4 nitrogen and oxygen atoms in total. The molecule has 0 aliphatic heterocycles. The number of rotatable bonds is 4. The van der Waals surface area contributed by atoms with Crippen molar-refractivity contribution >= 4 is 17.3 Å². The smallest absolute Gasteiger partial charge is 0.180 e. The average Bonchev–Trinajstić information content (AvgIpc) is 2.95. The molecule has 1 saturated carbocycles. The van der Waals surface area contributed by atoms with Gasteiger partial charge in [-0.3, -0.25) is 4.90 Å². The molecule has 0 amide bonds. The van der Waals surface area contributed by atoms with Crippen molar-refractivity contribution in [3.8, 4) is 0 Å². The Morgan fingerprint density at radius 2 is 2.31 bits per heavy atom. The van der Waals surface area contributed by atoms with Crippen molar-refractivity contribution in [3.05, 3.63) is 0 Å². The van der Waals surface area contributed by atoms with E-state index < -0.39 is 0 Å². The highest BCUT2D eigenvalue weighted by Gasteiger charge is 2.28. The second-order valence-corrected chi connectivity index (χ2v) is 4.01. The van der Waals surface area contributed by atoms with Crippen LogP contribution in [0, 0.1) is 0 Å². The van der Waals surface area contributed by atoms with Gasteiger partial charge in [-0.2, -0.15) is 0 Å². The fourth-order valence-electron chi connectivity index (χ4n) is 1.28. The van der Waals surface area contributed by atoms with Gasteiger partial charge in [-0.05, 0) is 39.0 Å². The van der Waals surface area contributed by atoms with E-state index in [2.05, 4.69) is 29.6 Å². The molecule has 0 radical (unpaired) electrons. The highest BCUT2D eigenvalue weighted by molar-refractivity contribution is 7.80. The van der Waals surface area contributed by atoms with Crippen LogP contribution in [-0.2, 0) is 0 Å². The largest absolute Gasteiger partial charge is 0.360 e. The van der Waals surface area contributed by atoms with Crippen LogP contribution in [-0.4, -0.2) is 35.7 Å². The average molecular weight is 202 g/mol. The van der Waals surface area contributed by atoms with Crippen LogP contribution in [0.5, 0.6) is 0 Å². The molecule has 0 aromatic rings. The van der Waals surface area contributed by atoms with Gasteiger partial charge in [0.25, 0.3) is 0 Å². The molecule has 0 aromatic heterocycles. The minimum atomic E-state index is 0.499. The zero-order valence-electron chi connectivity index (χ0n) is 8.21. The summed E-state index contributed by atoms with van der Waals surface area (Å²) < 4.78 is 0. The quantitative estimate of drug-likeness (QED) is 0.335. The summed E-state index contributed by atoms with van der Waals surface area (Å²) in [6.07, 6.45) is 2.67. The van der Waals surface area contributed by atoms with E-state index >= 15 is 0 Å². The number of thiocarbonyl (C=S) groups is 1. The van der Waals surface area contributed by atoms with Crippen molar-refractivity contribution in [1.29, 1.82) is 0 Å². The van der Waals surface area contributed by atoms with Crippen molar-refractivity contribution in [2.24, 2.45) is 5.84 Å². The summed E-state index contributed by atoms with van der Waals surface area (Å²) in [6.45, 7) is 3.03. The number of likely N-dealkylation sites (N-methyl/N-ethyl adjacent to an activating group) is 1. The predicted octanol–water partition coefficient (Wildman–Crippen LogP) is -0.193. The Morgan fingerprint density at radius 1 is 1.69 bits per heavy atom. The molecule has 5 heteroatoms. The topological polar surface area (TPSA) is 53.3 Å². The maximum Gasteiger partial charge on any atom is 0.180 e. The first kappa shape index (κ1) is 10.7. The third kappa shape index (κ3) is 3.46. The zero-order chi connectivity index (χ0) is 9.84. The summed E-state index contributed by atoms with van der Waals surface area (Å²) in [5, 5.41) is 3.56. The molecule has 13 heavy (non-hydrogen) atoms. The van der Waals surface area contributed by atoms with Gasteiger partial charge in [0.15, 0.2) is 5.11 Å². The molecule has 0 spiro atoms. The van der Waals surface area contributed by atoms with Gasteiger partial charge in [0.2, 0.25) is 0 Å². The molecule has 1 atom stereocenters. The van der Waals surface area contributed by atoms with Gasteiger partial charge in [-0.25, -0.2) is 5.84 Å². The normalized spacial score (nSPS) is 18.5. The summed E-state index contributed by atoms with van der Waals surface area (Å²) in [4.78, 5) is 2.38. The third-order valence-electron chi connectivity index (χ3n) is 2.51. The molecular formula is C8H18N4S. The summed E-state index contributed by atoms with van der Waals surface area (Å²) >= 11 is 4.88. The molecule has 4 N–H and O–H groups in total. The lowest BCUT2D eigenvalue weighted by atomic mass is 10.3. The molecule has 1 aliphatic rings. The summed E-state index contributed by atoms with van der Waals surface area (Å²) in [5.41, 5.74) is 2.41. The van der Waals surface area contributed by atoms with Gasteiger partial charge < -0.3 is 10.7 Å². The van der Waals surface area contributed by atoms with E-state index in [0.29, 0.717) is 11.2 Å². The highest BCUT2D eigenvalue weighted by atomic mass is 32.1. The molecule has 1 rings (SSSR count). The highest BCUT2D eigenvalue weighted by Crippen LogP contribution is 2.26. The van der Waals surface area contributed by atoms with Crippen molar-refractivity contribution in [2.75, 3.05) is 13.6 Å². The second kappa shape index (κ2) is 4.74. The molecule has 76 valence electrons. The first-order valence-corrected chi connectivity index (χ1v) is 5.02. The molecule has 1 aliphatic carbocycles. The maximum absolute atomic E-state index is 5.14. The number of hydrogen-bond acceptors (Lipinski definition) is 3. The van der Waals surface area contributed by atoms with Gasteiger partial charge in [0, 0.05) is 18.6 Å². The van der Waals surface area contributed by atoms with E-state index in [-0.39, 0.29) is 0 Å². The van der Waals surface area contributed by atoms with Gasteiger partial charge in [-0.15, -0.1) is 0 Å². The number of hydrazine groups is 1. The van der Waals surface area contributed by atoms with Crippen LogP contribution in [0.25, 0.3) is 0 Å². The van der Waals surface area contributed by atoms with Crippen LogP contribution in [0.1, 0.15) is 19.8 Å². The van der Waals surface area contributed by atoms with E-state index in [0.717, 1.165) is 12.6 Å².